The van der Waals surface area contributed by atoms with E-state index in [0.717, 1.165) is 18.9 Å². The highest BCUT2D eigenvalue weighted by atomic mass is 16.2. The molecule has 1 aliphatic carbocycles. The van der Waals surface area contributed by atoms with Crippen LogP contribution >= 0.6 is 0 Å². The average molecular weight is 227 g/mol. The summed E-state index contributed by atoms with van der Waals surface area (Å²) >= 11 is 0. The minimum absolute atomic E-state index is 0.0158. The van der Waals surface area contributed by atoms with Crippen LogP contribution < -0.4 is 11.1 Å². The van der Waals surface area contributed by atoms with Crippen LogP contribution in [0.3, 0.4) is 0 Å². The number of nitrogens with one attached hydrogen (secondary N) is 1. The molecule has 0 aromatic heterocycles. The second-order valence-corrected chi connectivity index (χ2v) is 4.89. The Balaban J connectivity index is 2.19. The molecule has 1 unspecified atom stereocenters. The third kappa shape index (κ3) is 4.10. The molecule has 2 atom stereocenters. The molecule has 3 N–H and O–H groups in total. The number of hydrogen-bond donors (Lipinski definition) is 2. The molecule has 0 heterocycles. The van der Waals surface area contributed by atoms with Gasteiger partial charge in [-0.25, -0.2) is 0 Å². The molecule has 0 spiro atoms. The monoisotopic (exact) mass is 227 g/mol. The van der Waals surface area contributed by atoms with Crippen LogP contribution in [0, 0.1) is 0 Å². The van der Waals surface area contributed by atoms with Crippen LogP contribution in [0.25, 0.3) is 0 Å². The third-order valence-corrected chi connectivity index (χ3v) is 3.33. The lowest BCUT2D eigenvalue weighted by atomic mass is 10.1. The molecule has 1 amide bonds. The number of likely N-dealkylation sites (N-methyl/N-ethyl adjacent to an activating group) is 1. The van der Waals surface area contributed by atoms with Crippen molar-refractivity contribution in [3.63, 3.8) is 0 Å². The Kier molecular flexibility index (Phi) is 5.22. The van der Waals surface area contributed by atoms with Crippen LogP contribution in [-0.4, -0.2) is 42.5 Å². The Morgan fingerprint density at radius 3 is 2.69 bits per heavy atom. The van der Waals surface area contributed by atoms with Crippen LogP contribution in [0.2, 0.25) is 0 Å². The standard InChI is InChI=1S/C12H25N3O/c1-4-5-11(13)12(16)14-8-9(2)15(3)10-6-7-10/h9-11H,4-8,13H2,1-3H3,(H,14,16)/t9?,11-/m1/s1. The summed E-state index contributed by atoms with van der Waals surface area (Å²) in [6, 6.07) is 0.782. The van der Waals surface area contributed by atoms with Crippen LogP contribution in [-0.2, 0) is 4.79 Å². The summed E-state index contributed by atoms with van der Waals surface area (Å²) in [7, 11) is 2.13. The van der Waals surface area contributed by atoms with Gasteiger partial charge in [0.1, 0.15) is 0 Å². The van der Waals surface area contributed by atoms with Crippen LogP contribution in [0.5, 0.6) is 0 Å². The molecule has 1 aliphatic rings. The van der Waals surface area contributed by atoms with Crippen LogP contribution in [0.4, 0.5) is 0 Å². The molecule has 16 heavy (non-hydrogen) atoms. The van der Waals surface area contributed by atoms with Crippen molar-refractivity contribution in [2.75, 3.05) is 13.6 Å². The van der Waals surface area contributed by atoms with Crippen molar-refractivity contribution in [1.29, 1.82) is 0 Å². The number of nitrogens with zero attached hydrogens (tertiary/aromatic N) is 1. The topological polar surface area (TPSA) is 58.4 Å². The summed E-state index contributed by atoms with van der Waals surface area (Å²) in [4.78, 5) is 13.9. The molecule has 1 saturated carbocycles. The zero-order chi connectivity index (χ0) is 12.1. The van der Waals surface area contributed by atoms with Gasteiger partial charge in [0.05, 0.1) is 6.04 Å². The highest BCUT2D eigenvalue weighted by Crippen LogP contribution is 2.26. The molecule has 0 aromatic rings. The molecule has 0 aliphatic heterocycles. The summed E-state index contributed by atoms with van der Waals surface area (Å²) in [5.74, 6) is -0.0158. The Hall–Kier alpha value is -0.610. The predicted octanol–water partition coefficient (Wildman–Crippen LogP) is 0.713. The molecule has 1 fully saturated rings. The first-order chi connectivity index (χ1) is 7.56. The van der Waals surface area contributed by atoms with Gasteiger partial charge >= 0.3 is 0 Å². The van der Waals surface area contributed by atoms with Crippen molar-refractivity contribution in [1.82, 2.24) is 10.2 Å². The Morgan fingerprint density at radius 2 is 2.19 bits per heavy atom. The largest absolute Gasteiger partial charge is 0.353 e. The van der Waals surface area contributed by atoms with Crippen molar-refractivity contribution < 1.29 is 4.79 Å². The average Bonchev–Trinajstić information content (AvgIpc) is 3.08. The molecule has 4 heteroatoms. The maximum absolute atomic E-state index is 11.6. The molecule has 94 valence electrons. The van der Waals surface area contributed by atoms with Gasteiger partial charge in [-0.2, -0.15) is 0 Å². The Morgan fingerprint density at radius 1 is 1.56 bits per heavy atom. The molecule has 0 saturated heterocycles. The zero-order valence-electron chi connectivity index (χ0n) is 10.7. The van der Waals surface area contributed by atoms with Crippen molar-refractivity contribution in [2.24, 2.45) is 5.73 Å². The SMILES string of the molecule is CCC[C@@H](N)C(=O)NCC(C)N(C)C1CC1. The van der Waals surface area contributed by atoms with Crippen molar-refractivity contribution >= 4 is 5.91 Å². The Labute approximate surface area is 98.6 Å². The van der Waals surface area contributed by atoms with Gasteiger partial charge in [-0.1, -0.05) is 13.3 Å². The van der Waals surface area contributed by atoms with Gasteiger partial charge in [-0.3, -0.25) is 9.69 Å². The zero-order valence-corrected chi connectivity index (χ0v) is 10.7. The van der Waals surface area contributed by atoms with Crippen LogP contribution in [0.1, 0.15) is 39.5 Å². The lowest BCUT2D eigenvalue weighted by molar-refractivity contribution is -0.122. The van der Waals surface area contributed by atoms with Gasteiger partial charge in [0, 0.05) is 18.6 Å². The fraction of sp³-hybridized carbons (Fsp3) is 0.917. The minimum Gasteiger partial charge on any atom is -0.353 e. The minimum atomic E-state index is -0.344. The van der Waals surface area contributed by atoms with E-state index in [2.05, 4.69) is 24.2 Å². The molecule has 0 bridgehead atoms. The number of hydrogen-bond acceptors (Lipinski definition) is 3. The fourth-order valence-corrected chi connectivity index (χ4v) is 1.81. The lowest BCUT2D eigenvalue weighted by Gasteiger charge is -2.25. The van der Waals surface area contributed by atoms with Crippen molar-refractivity contribution in [3.05, 3.63) is 0 Å². The number of rotatable bonds is 7. The van der Waals surface area contributed by atoms with Crippen molar-refractivity contribution in [3.8, 4) is 0 Å². The normalized spacial score (nSPS) is 19.6. The molecule has 1 rings (SSSR count). The molecular formula is C12H25N3O. The van der Waals surface area contributed by atoms with E-state index in [1.165, 1.54) is 12.8 Å². The predicted molar refractivity (Wildman–Crippen MR) is 66.1 cm³/mol. The lowest BCUT2D eigenvalue weighted by Crippen LogP contribution is -2.46. The third-order valence-electron chi connectivity index (χ3n) is 3.33. The molecule has 0 aromatic carbocycles. The Bertz CT molecular complexity index is 228. The summed E-state index contributed by atoms with van der Waals surface area (Å²) in [6.07, 6.45) is 4.30. The summed E-state index contributed by atoms with van der Waals surface area (Å²) in [5, 5.41) is 2.92. The first kappa shape index (κ1) is 13.5. The van der Waals surface area contributed by atoms with Gasteiger partial charge < -0.3 is 11.1 Å². The number of nitrogens with two attached hydrogens (primary N) is 1. The van der Waals surface area contributed by atoms with E-state index in [0.29, 0.717) is 12.6 Å². The van der Waals surface area contributed by atoms with E-state index in [9.17, 15) is 4.79 Å². The molecular weight excluding hydrogens is 202 g/mol. The van der Waals surface area contributed by atoms with Crippen molar-refractivity contribution in [2.45, 2.75) is 57.7 Å². The van der Waals surface area contributed by atoms with E-state index in [1.54, 1.807) is 0 Å². The van der Waals surface area contributed by atoms with Gasteiger partial charge in [0.15, 0.2) is 0 Å². The molecule has 0 radical (unpaired) electrons. The number of amides is 1. The van der Waals surface area contributed by atoms with E-state index in [4.69, 9.17) is 5.73 Å². The smallest absolute Gasteiger partial charge is 0.236 e. The summed E-state index contributed by atoms with van der Waals surface area (Å²) in [6.45, 7) is 4.88. The number of carbonyl (C=O) groups is 1. The summed E-state index contributed by atoms with van der Waals surface area (Å²) < 4.78 is 0. The molecule has 4 nitrogen and oxygen atoms in total. The first-order valence-corrected chi connectivity index (χ1v) is 6.31. The van der Waals surface area contributed by atoms with E-state index in [-0.39, 0.29) is 11.9 Å². The van der Waals surface area contributed by atoms with Gasteiger partial charge in [0.25, 0.3) is 0 Å². The summed E-state index contributed by atoms with van der Waals surface area (Å²) in [5.41, 5.74) is 5.74. The highest BCUT2D eigenvalue weighted by molar-refractivity contribution is 5.81. The van der Waals surface area contributed by atoms with Gasteiger partial charge in [-0.05, 0) is 33.2 Å². The highest BCUT2D eigenvalue weighted by Gasteiger charge is 2.29. The van der Waals surface area contributed by atoms with Gasteiger partial charge in [0.2, 0.25) is 5.91 Å². The second-order valence-electron chi connectivity index (χ2n) is 4.89. The quantitative estimate of drug-likeness (QED) is 0.673. The van der Waals surface area contributed by atoms with E-state index >= 15 is 0 Å². The van der Waals surface area contributed by atoms with E-state index in [1.807, 2.05) is 6.92 Å². The second kappa shape index (κ2) is 6.21. The van der Waals surface area contributed by atoms with Crippen LogP contribution in [0.15, 0.2) is 0 Å². The first-order valence-electron chi connectivity index (χ1n) is 6.31. The van der Waals surface area contributed by atoms with E-state index < -0.39 is 0 Å². The van der Waals surface area contributed by atoms with Gasteiger partial charge in [-0.15, -0.1) is 0 Å². The fourth-order valence-electron chi connectivity index (χ4n) is 1.81. The maximum atomic E-state index is 11.6. The maximum Gasteiger partial charge on any atom is 0.236 e. The number of carbonyl (C=O) groups excluding carboxylic acids is 1.